The summed E-state index contributed by atoms with van der Waals surface area (Å²) in [6, 6.07) is 5.16. The highest BCUT2D eigenvalue weighted by molar-refractivity contribution is 5.97. The van der Waals surface area contributed by atoms with Gasteiger partial charge in [-0.3, -0.25) is 4.79 Å². The predicted octanol–water partition coefficient (Wildman–Crippen LogP) is 2.48. The molecule has 0 unspecified atom stereocenters. The summed E-state index contributed by atoms with van der Waals surface area (Å²) in [4.78, 5) is 28.6. The second kappa shape index (κ2) is 5.99. The number of carbonyl (C=O) groups is 1. The summed E-state index contributed by atoms with van der Waals surface area (Å²) in [7, 11) is 0. The number of hydrogen-bond donors (Lipinski definition) is 3. The van der Waals surface area contributed by atoms with Crippen LogP contribution in [0.25, 0.3) is 11.0 Å². The van der Waals surface area contributed by atoms with Crippen molar-refractivity contribution in [3.05, 3.63) is 45.9 Å². The number of amides is 1. The third-order valence-corrected chi connectivity index (χ3v) is 3.89. The molecule has 1 heterocycles. The number of H-pyrrole nitrogens is 2. The average Bonchev–Trinajstić information content (AvgIpc) is 2.87. The molecule has 1 aromatic heterocycles. The van der Waals surface area contributed by atoms with Gasteiger partial charge in [0.05, 0.1) is 11.0 Å². The maximum Gasteiger partial charge on any atom is 0.323 e. The Bertz CT molecular complexity index is 739. The minimum Gasteiger partial charge on any atom is -0.352 e. The first kappa shape index (κ1) is 13.7. The Balaban J connectivity index is 1.61. The summed E-state index contributed by atoms with van der Waals surface area (Å²) < 4.78 is 0. The van der Waals surface area contributed by atoms with Crippen molar-refractivity contribution < 1.29 is 4.79 Å². The van der Waals surface area contributed by atoms with E-state index in [0.717, 1.165) is 12.8 Å². The number of aromatic nitrogens is 2. The fraction of sp³-hybridized carbons (Fsp3) is 0.375. The van der Waals surface area contributed by atoms with Crippen LogP contribution >= 0.6 is 0 Å². The number of imidazole rings is 1. The highest BCUT2D eigenvalue weighted by atomic mass is 16.2. The molecular formula is C16H19N3O2. The number of rotatable bonds is 4. The summed E-state index contributed by atoms with van der Waals surface area (Å²) in [5.74, 6) is -0.102. The molecular weight excluding hydrogens is 266 g/mol. The van der Waals surface area contributed by atoms with Crippen molar-refractivity contribution in [2.75, 3.05) is 6.54 Å². The molecule has 0 aliphatic heterocycles. The lowest BCUT2D eigenvalue weighted by molar-refractivity contribution is 0.0954. The molecule has 1 amide bonds. The number of nitrogens with one attached hydrogen (secondary N) is 3. The first-order chi connectivity index (χ1) is 10.2. The number of fused-ring (bicyclic) bond motifs is 1. The number of benzene rings is 1. The predicted molar refractivity (Wildman–Crippen MR) is 82.4 cm³/mol. The maximum absolute atomic E-state index is 12.1. The summed E-state index contributed by atoms with van der Waals surface area (Å²) in [6.07, 6.45) is 8.09. The third kappa shape index (κ3) is 3.24. The van der Waals surface area contributed by atoms with Crippen molar-refractivity contribution in [3.8, 4) is 0 Å². The van der Waals surface area contributed by atoms with Gasteiger partial charge in [-0.05, 0) is 50.3 Å². The Morgan fingerprint density at radius 1 is 1.19 bits per heavy atom. The molecule has 0 fully saturated rings. The molecule has 3 rings (SSSR count). The summed E-state index contributed by atoms with van der Waals surface area (Å²) in [5.41, 5.74) is 3.13. The van der Waals surface area contributed by atoms with Crippen molar-refractivity contribution in [3.63, 3.8) is 0 Å². The van der Waals surface area contributed by atoms with Crippen molar-refractivity contribution in [2.24, 2.45) is 0 Å². The van der Waals surface area contributed by atoms with Gasteiger partial charge in [0.2, 0.25) is 0 Å². The SMILES string of the molecule is O=C(NCCC1=CCCCC1)c1ccc2[nH]c(=O)[nH]c2c1. The first-order valence-electron chi connectivity index (χ1n) is 7.40. The van der Waals surface area contributed by atoms with Crippen LogP contribution in [0.2, 0.25) is 0 Å². The van der Waals surface area contributed by atoms with Crippen LogP contribution in [-0.2, 0) is 0 Å². The van der Waals surface area contributed by atoms with Crippen LogP contribution in [0.1, 0.15) is 42.5 Å². The Hall–Kier alpha value is -2.30. The summed E-state index contributed by atoms with van der Waals surface area (Å²) >= 11 is 0. The van der Waals surface area contributed by atoms with Gasteiger partial charge in [-0.15, -0.1) is 0 Å². The van der Waals surface area contributed by atoms with Crippen molar-refractivity contribution >= 4 is 16.9 Å². The molecule has 0 spiro atoms. The minimum absolute atomic E-state index is 0.102. The van der Waals surface area contributed by atoms with Crippen molar-refractivity contribution in [2.45, 2.75) is 32.1 Å². The maximum atomic E-state index is 12.1. The topological polar surface area (TPSA) is 77.8 Å². The lowest BCUT2D eigenvalue weighted by atomic mass is 9.97. The zero-order valence-corrected chi connectivity index (χ0v) is 11.9. The molecule has 2 aromatic rings. The van der Waals surface area contributed by atoms with Gasteiger partial charge in [0.15, 0.2) is 0 Å². The molecule has 3 N–H and O–H groups in total. The number of hydrogen-bond acceptors (Lipinski definition) is 2. The molecule has 1 aliphatic carbocycles. The second-order valence-corrected chi connectivity index (χ2v) is 5.45. The Labute approximate surface area is 122 Å². The van der Waals surface area contributed by atoms with Gasteiger partial charge < -0.3 is 15.3 Å². The van der Waals surface area contributed by atoms with E-state index in [4.69, 9.17) is 0 Å². The summed E-state index contributed by atoms with van der Waals surface area (Å²) in [5, 5.41) is 2.94. The van der Waals surface area contributed by atoms with E-state index in [2.05, 4.69) is 21.4 Å². The number of allylic oxidation sites excluding steroid dienone is 1. The van der Waals surface area contributed by atoms with E-state index in [1.54, 1.807) is 18.2 Å². The standard InChI is InChI=1S/C16H19N3O2/c20-15(17-9-8-11-4-2-1-3-5-11)12-6-7-13-14(10-12)19-16(21)18-13/h4,6-7,10H,1-3,5,8-9H2,(H,17,20)(H2,18,19,21). The minimum atomic E-state index is -0.258. The molecule has 1 aromatic carbocycles. The van der Waals surface area contributed by atoms with E-state index >= 15 is 0 Å². The smallest absolute Gasteiger partial charge is 0.323 e. The molecule has 0 saturated carbocycles. The quantitative estimate of drug-likeness (QED) is 0.755. The Morgan fingerprint density at radius 2 is 2.05 bits per heavy atom. The van der Waals surface area contributed by atoms with E-state index in [-0.39, 0.29) is 11.6 Å². The van der Waals surface area contributed by atoms with Crippen LogP contribution in [0.15, 0.2) is 34.6 Å². The van der Waals surface area contributed by atoms with Gasteiger partial charge in [-0.25, -0.2) is 4.79 Å². The van der Waals surface area contributed by atoms with Gasteiger partial charge in [-0.1, -0.05) is 11.6 Å². The zero-order chi connectivity index (χ0) is 14.7. The third-order valence-electron chi connectivity index (χ3n) is 3.89. The van der Waals surface area contributed by atoms with Crippen LogP contribution in [0.4, 0.5) is 0 Å². The monoisotopic (exact) mass is 285 g/mol. The highest BCUT2D eigenvalue weighted by Crippen LogP contribution is 2.19. The first-order valence-corrected chi connectivity index (χ1v) is 7.40. The van der Waals surface area contributed by atoms with Gasteiger partial charge in [0.1, 0.15) is 0 Å². The molecule has 5 nitrogen and oxygen atoms in total. The van der Waals surface area contributed by atoms with Gasteiger partial charge in [-0.2, -0.15) is 0 Å². The fourth-order valence-electron chi connectivity index (χ4n) is 2.74. The van der Waals surface area contributed by atoms with Gasteiger partial charge in [0.25, 0.3) is 5.91 Å². The van der Waals surface area contributed by atoms with E-state index < -0.39 is 0 Å². The van der Waals surface area contributed by atoms with Crippen LogP contribution in [0.3, 0.4) is 0 Å². The van der Waals surface area contributed by atoms with Gasteiger partial charge >= 0.3 is 5.69 Å². The van der Waals surface area contributed by atoms with Crippen molar-refractivity contribution in [1.82, 2.24) is 15.3 Å². The van der Waals surface area contributed by atoms with Crippen LogP contribution in [0.5, 0.6) is 0 Å². The molecule has 0 atom stereocenters. The molecule has 21 heavy (non-hydrogen) atoms. The summed E-state index contributed by atoms with van der Waals surface area (Å²) in [6.45, 7) is 0.659. The highest BCUT2D eigenvalue weighted by Gasteiger charge is 2.08. The molecule has 0 bridgehead atoms. The van der Waals surface area contributed by atoms with Gasteiger partial charge in [0, 0.05) is 12.1 Å². The Kier molecular flexibility index (Phi) is 3.90. The van der Waals surface area contributed by atoms with E-state index in [1.807, 2.05) is 0 Å². The normalized spacial score (nSPS) is 15.0. The molecule has 0 saturated heterocycles. The van der Waals surface area contributed by atoms with E-state index in [0.29, 0.717) is 23.1 Å². The lowest BCUT2D eigenvalue weighted by Crippen LogP contribution is -2.24. The molecule has 5 heteroatoms. The number of aromatic amines is 2. The largest absolute Gasteiger partial charge is 0.352 e. The van der Waals surface area contributed by atoms with Crippen LogP contribution in [-0.4, -0.2) is 22.4 Å². The van der Waals surface area contributed by atoms with Crippen LogP contribution in [0, 0.1) is 0 Å². The zero-order valence-electron chi connectivity index (χ0n) is 11.9. The van der Waals surface area contributed by atoms with Crippen LogP contribution < -0.4 is 11.0 Å². The molecule has 110 valence electrons. The molecule has 1 aliphatic rings. The van der Waals surface area contributed by atoms with E-state index in [9.17, 15) is 9.59 Å². The average molecular weight is 285 g/mol. The van der Waals surface area contributed by atoms with Crippen molar-refractivity contribution in [1.29, 1.82) is 0 Å². The fourth-order valence-corrected chi connectivity index (χ4v) is 2.74. The Morgan fingerprint density at radius 3 is 2.86 bits per heavy atom. The van der Waals surface area contributed by atoms with E-state index in [1.165, 1.54) is 24.8 Å². The second-order valence-electron chi connectivity index (χ2n) is 5.45. The number of carbonyl (C=O) groups excluding carboxylic acids is 1. The molecule has 0 radical (unpaired) electrons. The lowest BCUT2D eigenvalue weighted by Gasteiger charge is -2.12.